The number of rotatable bonds is 3. The number of carbonyl (C=O) groups excluding carboxylic acids is 1. The third-order valence-electron chi connectivity index (χ3n) is 0.862. The van der Waals surface area contributed by atoms with Crippen molar-refractivity contribution in [3.05, 3.63) is 24.5 Å². The number of carboxylic acid groups (broad SMARTS) is 1. The first-order valence-corrected chi connectivity index (χ1v) is 3.82. The Labute approximate surface area is 82.3 Å². The lowest BCUT2D eigenvalue weighted by Gasteiger charge is -1.91. The van der Waals surface area contributed by atoms with Crippen molar-refractivity contribution in [2.75, 3.05) is 6.61 Å². The quantitative estimate of drug-likeness (QED) is 0.409. The van der Waals surface area contributed by atoms with E-state index in [0.717, 1.165) is 6.08 Å². The van der Waals surface area contributed by atoms with Gasteiger partial charge in [0.15, 0.2) is 0 Å². The van der Waals surface area contributed by atoms with Crippen LogP contribution in [-0.2, 0) is 14.3 Å². The molecule has 0 aromatic heterocycles. The van der Waals surface area contributed by atoms with Gasteiger partial charge in [-0.05, 0) is 13.8 Å². The SMILES string of the molecule is C=C(C)C(=O)O.CCOC(=O)C=CO. The molecule has 80 valence electrons. The normalized spacial score (nSPS) is 8.71. The molecule has 0 aliphatic carbocycles. The molecular formula is C9H14O5. The molecule has 0 fully saturated rings. The summed E-state index contributed by atoms with van der Waals surface area (Å²) in [6, 6.07) is 0. The highest BCUT2D eigenvalue weighted by molar-refractivity contribution is 5.84. The van der Waals surface area contributed by atoms with Crippen LogP contribution in [0.15, 0.2) is 24.5 Å². The molecule has 0 amide bonds. The minimum absolute atomic E-state index is 0.176. The molecule has 0 heterocycles. The molecule has 0 saturated carbocycles. The van der Waals surface area contributed by atoms with E-state index in [9.17, 15) is 9.59 Å². The van der Waals surface area contributed by atoms with Crippen LogP contribution in [0.5, 0.6) is 0 Å². The van der Waals surface area contributed by atoms with Crippen LogP contribution in [0.3, 0.4) is 0 Å². The van der Waals surface area contributed by atoms with Gasteiger partial charge in [0.25, 0.3) is 0 Å². The molecule has 0 rings (SSSR count). The number of hydrogen-bond acceptors (Lipinski definition) is 4. The number of carbonyl (C=O) groups is 2. The Morgan fingerprint density at radius 3 is 2.14 bits per heavy atom. The van der Waals surface area contributed by atoms with Crippen molar-refractivity contribution < 1.29 is 24.5 Å². The van der Waals surface area contributed by atoms with Crippen LogP contribution in [0, 0.1) is 0 Å². The van der Waals surface area contributed by atoms with E-state index in [2.05, 4.69) is 11.3 Å². The fourth-order valence-corrected chi connectivity index (χ4v) is 0.251. The summed E-state index contributed by atoms with van der Waals surface area (Å²) in [6.07, 6.45) is 1.60. The first-order valence-electron chi connectivity index (χ1n) is 3.82. The lowest BCUT2D eigenvalue weighted by Crippen LogP contribution is -1.98. The lowest BCUT2D eigenvalue weighted by molar-refractivity contribution is -0.137. The number of aliphatic carboxylic acids is 1. The van der Waals surface area contributed by atoms with E-state index in [4.69, 9.17) is 10.2 Å². The summed E-state index contributed by atoms with van der Waals surface area (Å²) < 4.78 is 4.40. The van der Waals surface area contributed by atoms with Crippen LogP contribution in [0.25, 0.3) is 0 Å². The Kier molecular flexibility index (Phi) is 9.79. The molecule has 0 aromatic carbocycles. The Balaban J connectivity index is 0. The minimum atomic E-state index is -0.935. The molecule has 0 aliphatic heterocycles. The van der Waals surface area contributed by atoms with E-state index < -0.39 is 11.9 Å². The highest BCUT2D eigenvalue weighted by atomic mass is 16.5. The molecule has 0 aromatic rings. The third kappa shape index (κ3) is 12.9. The van der Waals surface area contributed by atoms with Gasteiger partial charge >= 0.3 is 11.9 Å². The molecule has 0 atom stereocenters. The van der Waals surface area contributed by atoms with Gasteiger partial charge in [-0.2, -0.15) is 0 Å². The number of aliphatic hydroxyl groups excluding tert-OH is 1. The summed E-state index contributed by atoms with van der Waals surface area (Å²) in [7, 11) is 0. The maximum atomic E-state index is 10.2. The van der Waals surface area contributed by atoms with Crippen molar-refractivity contribution in [3.8, 4) is 0 Å². The van der Waals surface area contributed by atoms with Gasteiger partial charge in [0.2, 0.25) is 0 Å². The largest absolute Gasteiger partial charge is 0.515 e. The average molecular weight is 202 g/mol. The molecular weight excluding hydrogens is 188 g/mol. The maximum Gasteiger partial charge on any atom is 0.333 e. The average Bonchev–Trinajstić information content (AvgIpc) is 2.06. The topological polar surface area (TPSA) is 83.8 Å². The van der Waals surface area contributed by atoms with Gasteiger partial charge < -0.3 is 14.9 Å². The van der Waals surface area contributed by atoms with Crippen molar-refractivity contribution in [2.45, 2.75) is 13.8 Å². The van der Waals surface area contributed by atoms with Gasteiger partial charge in [-0.25, -0.2) is 9.59 Å². The lowest BCUT2D eigenvalue weighted by atomic mass is 10.4. The van der Waals surface area contributed by atoms with E-state index in [-0.39, 0.29) is 5.57 Å². The van der Waals surface area contributed by atoms with Gasteiger partial charge in [0.1, 0.15) is 0 Å². The zero-order valence-corrected chi connectivity index (χ0v) is 8.19. The van der Waals surface area contributed by atoms with E-state index in [0.29, 0.717) is 12.9 Å². The molecule has 2 N–H and O–H groups in total. The van der Waals surface area contributed by atoms with Gasteiger partial charge in [0.05, 0.1) is 18.9 Å². The van der Waals surface area contributed by atoms with Crippen LogP contribution in [-0.4, -0.2) is 28.8 Å². The highest BCUT2D eigenvalue weighted by Gasteiger charge is 1.90. The molecule has 0 radical (unpaired) electrons. The molecule has 14 heavy (non-hydrogen) atoms. The first kappa shape index (κ1) is 14.7. The molecule has 0 saturated heterocycles. The van der Waals surface area contributed by atoms with E-state index in [1.807, 2.05) is 0 Å². The molecule has 5 heteroatoms. The molecule has 0 unspecified atom stereocenters. The number of ether oxygens (including phenoxy) is 1. The van der Waals surface area contributed by atoms with Crippen molar-refractivity contribution in [3.63, 3.8) is 0 Å². The summed E-state index contributed by atoms with van der Waals surface area (Å²) in [5, 5.41) is 15.9. The molecule has 0 spiro atoms. The van der Waals surface area contributed by atoms with E-state index in [1.165, 1.54) is 6.92 Å². The predicted octanol–water partition coefficient (Wildman–Crippen LogP) is 1.27. The first-order chi connectivity index (χ1) is 6.45. The van der Waals surface area contributed by atoms with Crippen molar-refractivity contribution in [1.29, 1.82) is 0 Å². The highest BCUT2D eigenvalue weighted by Crippen LogP contribution is 1.81. The van der Waals surface area contributed by atoms with Crippen LogP contribution >= 0.6 is 0 Å². The zero-order valence-electron chi connectivity index (χ0n) is 8.19. The third-order valence-corrected chi connectivity index (χ3v) is 0.862. The van der Waals surface area contributed by atoms with E-state index >= 15 is 0 Å². The summed E-state index contributed by atoms with van der Waals surface area (Å²) in [5.74, 6) is -1.45. The second-order valence-electron chi connectivity index (χ2n) is 2.15. The summed E-state index contributed by atoms with van der Waals surface area (Å²) in [5.41, 5.74) is 0.176. The van der Waals surface area contributed by atoms with Gasteiger partial charge in [-0.3, -0.25) is 0 Å². The summed E-state index contributed by atoms with van der Waals surface area (Å²) >= 11 is 0. The van der Waals surface area contributed by atoms with Gasteiger partial charge in [-0.1, -0.05) is 6.58 Å². The molecule has 0 aliphatic rings. The Morgan fingerprint density at radius 1 is 1.50 bits per heavy atom. The maximum absolute atomic E-state index is 10.2. The van der Waals surface area contributed by atoms with Gasteiger partial charge in [-0.15, -0.1) is 0 Å². The smallest absolute Gasteiger partial charge is 0.333 e. The van der Waals surface area contributed by atoms with Crippen LogP contribution in [0.1, 0.15) is 13.8 Å². The number of hydrogen-bond donors (Lipinski definition) is 2. The fraction of sp³-hybridized carbons (Fsp3) is 0.333. The number of esters is 1. The predicted molar refractivity (Wildman–Crippen MR) is 50.9 cm³/mol. The van der Waals surface area contributed by atoms with Crippen molar-refractivity contribution >= 4 is 11.9 Å². The van der Waals surface area contributed by atoms with Crippen LogP contribution < -0.4 is 0 Å². The second-order valence-corrected chi connectivity index (χ2v) is 2.15. The van der Waals surface area contributed by atoms with Crippen LogP contribution in [0.4, 0.5) is 0 Å². The van der Waals surface area contributed by atoms with E-state index in [1.54, 1.807) is 6.92 Å². The van der Waals surface area contributed by atoms with Crippen LogP contribution in [0.2, 0.25) is 0 Å². The number of aliphatic hydroxyl groups is 1. The summed E-state index contributed by atoms with van der Waals surface area (Å²) in [4.78, 5) is 19.8. The Hall–Kier alpha value is -1.78. The standard InChI is InChI=1S/C5H8O3.C4H6O2/c1-2-8-5(7)3-4-6;1-3(2)4(5)6/h3-4,6H,2H2,1H3;1H2,2H3,(H,5,6). The Morgan fingerprint density at radius 2 is 1.93 bits per heavy atom. The minimum Gasteiger partial charge on any atom is -0.515 e. The monoisotopic (exact) mass is 202 g/mol. The zero-order chi connectivity index (χ0) is 11.6. The second kappa shape index (κ2) is 9.31. The molecule has 0 bridgehead atoms. The number of carboxylic acids is 1. The Bertz CT molecular complexity index is 217. The van der Waals surface area contributed by atoms with Crippen molar-refractivity contribution in [1.82, 2.24) is 0 Å². The fourth-order valence-electron chi connectivity index (χ4n) is 0.251. The molecule has 5 nitrogen and oxygen atoms in total. The summed E-state index contributed by atoms with van der Waals surface area (Å²) in [6.45, 7) is 6.64. The van der Waals surface area contributed by atoms with Gasteiger partial charge in [0, 0.05) is 5.57 Å². The van der Waals surface area contributed by atoms with Crippen molar-refractivity contribution in [2.24, 2.45) is 0 Å².